The standard InChI is InChI=1S/C13H17NO3/c1-15-7-10-2-3-11-13(17-8-16-11)12(10)9-4-5-14-6-9/h2-3,9,14H,4-8H2,1H3. The maximum Gasteiger partial charge on any atom is 0.231 e. The lowest BCUT2D eigenvalue weighted by Gasteiger charge is -2.16. The zero-order chi connectivity index (χ0) is 11.7. The Morgan fingerprint density at radius 2 is 2.35 bits per heavy atom. The van der Waals surface area contributed by atoms with Crippen LogP contribution in [-0.2, 0) is 11.3 Å². The fraction of sp³-hybridized carbons (Fsp3) is 0.538. The Morgan fingerprint density at radius 1 is 1.41 bits per heavy atom. The van der Waals surface area contributed by atoms with Crippen LogP contribution in [0, 0.1) is 0 Å². The van der Waals surface area contributed by atoms with Crippen molar-refractivity contribution >= 4 is 0 Å². The van der Waals surface area contributed by atoms with E-state index >= 15 is 0 Å². The molecule has 1 aromatic carbocycles. The largest absolute Gasteiger partial charge is 0.454 e. The Balaban J connectivity index is 2.04. The van der Waals surface area contributed by atoms with Crippen LogP contribution in [0.3, 0.4) is 0 Å². The Bertz CT molecular complexity index is 413. The monoisotopic (exact) mass is 235 g/mol. The molecule has 4 nitrogen and oxygen atoms in total. The van der Waals surface area contributed by atoms with Gasteiger partial charge in [-0.05, 0) is 24.6 Å². The van der Waals surface area contributed by atoms with Crippen LogP contribution in [0.4, 0.5) is 0 Å². The van der Waals surface area contributed by atoms with Crippen molar-refractivity contribution in [1.82, 2.24) is 5.32 Å². The van der Waals surface area contributed by atoms with Gasteiger partial charge in [-0.1, -0.05) is 6.07 Å². The van der Waals surface area contributed by atoms with E-state index in [1.54, 1.807) is 7.11 Å². The second-order valence-electron chi connectivity index (χ2n) is 4.49. The zero-order valence-electron chi connectivity index (χ0n) is 9.99. The predicted molar refractivity (Wildman–Crippen MR) is 63.5 cm³/mol. The summed E-state index contributed by atoms with van der Waals surface area (Å²) in [5.41, 5.74) is 2.48. The molecule has 4 heteroatoms. The lowest BCUT2D eigenvalue weighted by atomic mass is 9.92. The van der Waals surface area contributed by atoms with E-state index in [9.17, 15) is 0 Å². The molecule has 1 unspecified atom stereocenters. The van der Waals surface area contributed by atoms with E-state index in [-0.39, 0.29) is 0 Å². The quantitative estimate of drug-likeness (QED) is 0.864. The fourth-order valence-corrected chi connectivity index (χ4v) is 2.66. The number of methoxy groups -OCH3 is 1. The SMILES string of the molecule is COCc1ccc2c(c1C1CCNC1)OCO2. The molecule has 0 radical (unpaired) electrons. The first-order chi connectivity index (χ1) is 8.40. The van der Waals surface area contributed by atoms with Crippen LogP contribution in [-0.4, -0.2) is 27.0 Å². The van der Waals surface area contributed by atoms with Gasteiger partial charge in [-0.15, -0.1) is 0 Å². The number of nitrogens with one attached hydrogen (secondary N) is 1. The Labute approximate surface area is 101 Å². The normalized spacial score (nSPS) is 22.1. The Hall–Kier alpha value is -1.26. The molecule has 2 aliphatic heterocycles. The molecule has 3 rings (SSSR count). The summed E-state index contributed by atoms with van der Waals surface area (Å²) < 4.78 is 16.3. The first kappa shape index (κ1) is 10.9. The molecule has 1 atom stereocenters. The molecule has 17 heavy (non-hydrogen) atoms. The minimum absolute atomic E-state index is 0.332. The van der Waals surface area contributed by atoms with Crippen LogP contribution in [0.2, 0.25) is 0 Å². The Morgan fingerprint density at radius 3 is 3.12 bits per heavy atom. The average molecular weight is 235 g/mol. The van der Waals surface area contributed by atoms with Crippen molar-refractivity contribution in [2.24, 2.45) is 0 Å². The lowest BCUT2D eigenvalue weighted by Crippen LogP contribution is -2.10. The fourth-order valence-electron chi connectivity index (χ4n) is 2.66. The van der Waals surface area contributed by atoms with E-state index in [0.717, 1.165) is 31.0 Å². The topological polar surface area (TPSA) is 39.7 Å². The third-order valence-corrected chi connectivity index (χ3v) is 3.44. The second kappa shape index (κ2) is 4.55. The van der Waals surface area contributed by atoms with Crippen LogP contribution in [0.1, 0.15) is 23.5 Å². The lowest BCUT2D eigenvalue weighted by molar-refractivity contribution is 0.171. The molecule has 1 saturated heterocycles. The summed E-state index contributed by atoms with van der Waals surface area (Å²) in [5.74, 6) is 2.30. The van der Waals surface area contributed by atoms with Gasteiger partial charge in [0.2, 0.25) is 6.79 Å². The third kappa shape index (κ3) is 1.87. The molecule has 0 spiro atoms. The second-order valence-corrected chi connectivity index (χ2v) is 4.49. The van der Waals surface area contributed by atoms with Crippen molar-refractivity contribution in [2.45, 2.75) is 18.9 Å². The number of benzene rings is 1. The highest BCUT2D eigenvalue weighted by atomic mass is 16.7. The van der Waals surface area contributed by atoms with Crippen molar-refractivity contribution < 1.29 is 14.2 Å². The summed E-state index contributed by atoms with van der Waals surface area (Å²) in [5, 5.41) is 3.39. The van der Waals surface area contributed by atoms with Gasteiger partial charge in [0.25, 0.3) is 0 Å². The molecule has 2 heterocycles. The molecule has 1 aromatic rings. The van der Waals surface area contributed by atoms with Gasteiger partial charge in [-0.2, -0.15) is 0 Å². The number of ether oxygens (including phenoxy) is 3. The molecule has 0 bridgehead atoms. The molecule has 0 aliphatic carbocycles. The Kier molecular flexibility index (Phi) is 2.91. The molecule has 92 valence electrons. The maximum absolute atomic E-state index is 5.62. The van der Waals surface area contributed by atoms with Gasteiger partial charge >= 0.3 is 0 Å². The number of hydrogen-bond donors (Lipinski definition) is 1. The van der Waals surface area contributed by atoms with Crippen molar-refractivity contribution in [3.05, 3.63) is 23.3 Å². The highest BCUT2D eigenvalue weighted by Crippen LogP contribution is 2.43. The first-order valence-electron chi connectivity index (χ1n) is 6.01. The van der Waals surface area contributed by atoms with E-state index in [2.05, 4.69) is 11.4 Å². The summed E-state index contributed by atoms with van der Waals surface area (Å²) in [4.78, 5) is 0. The van der Waals surface area contributed by atoms with Gasteiger partial charge in [0.15, 0.2) is 11.5 Å². The minimum atomic E-state index is 0.332. The third-order valence-electron chi connectivity index (χ3n) is 3.44. The van der Waals surface area contributed by atoms with Crippen LogP contribution in [0.15, 0.2) is 12.1 Å². The number of hydrogen-bond acceptors (Lipinski definition) is 4. The van der Waals surface area contributed by atoms with E-state index in [4.69, 9.17) is 14.2 Å². The summed E-state index contributed by atoms with van der Waals surface area (Å²) in [6, 6.07) is 4.06. The number of fused-ring (bicyclic) bond motifs is 1. The van der Waals surface area contributed by atoms with Crippen molar-refractivity contribution in [3.63, 3.8) is 0 Å². The van der Waals surface area contributed by atoms with Gasteiger partial charge in [0.1, 0.15) is 0 Å². The molecule has 0 aromatic heterocycles. The number of rotatable bonds is 3. The average Bonchev–Trinajstić information content (AvgIpc) is 2.99. The molecule has 0 saturated carbocycles. The van der Waals surface area contributed by atoms with Crippen LogP contribution < -0.4 is 14.8 Å². The smallest absolute Gasteiger partial charge is 0.231 e. The van der Waals surface area contributed by atoms with E-state index in [0.29, 0.717) is 19.3 Å². The van der Waals surface area contributed by atoms with Crippen LogP contribution in [0.5, 0.6) is 11.5 Å². The summed E-state index contributed by atoms with van der Waals surface area (Å²) in [7, 11) is 1.72. The molecular weight excluding hydrogens is 218 g/mol. The highest BCUT2D eigenvalue weighted by Gasteiger charge is 2.28. The summed E-state index contributed by atoms with van der Waals surface area (Å²) in [6.45, 7) is 3.04. The van der Waals surface area contributed by atoms with Crippen LogP contribution >= 0.6 is 0 Å². The van der Waals surface area contributed by atoms with Gasteiger partial charge in [-0.3, -0.25) is 0 Å². The van der Waals surface area contributed by atoms with Gasteiger partial charge in [0.05, 0.1) is 6.61 Å². The zero-order valence-corrected chi connectivity index (χ0v) is 9.99. The van der Waals surface area contributed by atoms with Gasteiger partial charge in [-0.25, -0.2) is 0 Å². The van der Waals surface area contributed by atoms with Crippen molar-refractivity contribution in [1.29, 1.82) is 0 Å². The van der Waals surface area contributed by atoms with E-state index in [1.165, 1.54) is 11.1 Å². The molecule has 0 amide bonds. The summed E-state index contributed by atoms with van der Waals surface area (Å²) in [6.07, 6.45) is 1.15. The van der Waals surface area contributed by atoms with Crippen LogP contribution in [0.25, 0.3) is 0 Å². The predicted octanol–water partition coefficient (Wildman–Crippen LogP) is 1.64. The molecule has 1 fully saturated rings. The van der Waals surface area contributed by atoms with Crippen molar-refractivity contribution in [3.8, 4) is 11.5 Å². The molecule has 2 aliphatic rings. The molecule has 1 N–H and O–H groups in total. The van der Waals surface area contributed by atoms with E-state index in [1.807, 2.05) is 6.07 Å². The maximum atomic E-state index is 5.62. The highest BCUT2D eigenvalue weighted by molar-refractivity contribution is 5.54. The first-order valence-corrected chi connectivity index (χ1v) is 6.01. The summed E-state index contributed by atoms with van der Waals surface area (Å²) >= 11 is 0. The minimum Gasteiger partial charge on any atom is -0.454 e. The van der Waals surface area contributed by atoms with Gasteiger partial charge < -0.3 is 19.5 Å². The van der Waals surface area contributed by atoms with E-state index < -0.39 is 0 Å². The van der Waals surface area contributed by atoms with Gasteiger partial charge in [0, 0.05) is 25.1 Å². The molecular formula is C13H17NO3. The van der Waals surface area contributed by atoms with Crippen molar-refractivity contribution in [2.75, 3.05) is 27.0 Å².